The van der Waals surface area contributed by atoms with Gasteiger partial charge in [-0.15, -0.1) is 0 Å². The molecule has 2 atom stereocenters. The summed E-state index contributed by atoms with van der Waals surface area (Å²) in [5, 5.41) is 11.8. The molecule has 1 amide bonds. The average molecular weight is 481 g/mol. The fourth-order valence-electron chi connectivity index (χ4n) is 5.19. The molecule has 2 aliphatic carbocycles. The van der Waals surface area contributed by atoms with Crippen molar-refractivity contribution in [3.8, 4) is 6.26 Å². The van der Waals surface area contributed by atoms with Gasteiger partial charge in [-0.05, 0) is 95.3 Å². The third-order valence-corrected chi connectivity index (χ3v) is 7.18. The van der Waals surface area contributed by atoms with Gasteiger partial charge < -0.3 is 24.3 Å². The number of carbonyl (C=O) groups is 1. The number of rotatable bonds is 17. The molecule has 0 aromatic rings. The highest BCUT2D eigenvalue weighted by Gasteiger charge is 2.28. The van der Waals surface area contributed by atoms with Crippen molar-refractivity contribution in [2.75, 3.05) is 33.0 Å². The Morgan fingerprint density at radius 2 is 1.50 bits per heavy atom. The highest BCUT2D eigenvalue weighted by atomic mass is 16.5. The molecule has 7 nitrogen and oxygen atoms in total. The fourth-order valence-corrected chi connectivity index (χ4v) is 5.19. The van der Waals surface area contributed by atoms with Gasteiger partial charge in [0.1, 0.15) is 6.10 Å². The average Bonchev–Trinajstić information content (AvgIpc) is 2.84. The van der Waals surface area contributed by atoms with Gasteiger partial charge in [0.15, 0.2) is 0 Å². The molecule has 196 valence electrons. The molecule has 7 heteroatoms. The van der Waals surface area contributed by atoms with E-state index in [1.54, 1.807) is 0 Å². The van der Waals surface area contributed by atoms with Crippen molar-refractivity contribution in [2.24, 2.45) is 11.8 Å². The van der Waals surface area contributed by atoms with Gasteiger partial charge in [0, 0.05) is 32.5 Å². The van der Waals surface area contributed by atoms with E-state index in [1.165, 1.54) is 25.7 Å². The van der Waals surface area contributed by atoms with Crippen molar-refractivity contribution in [3.05, 3.63) is 0 Å². The van der Waals surface area contributed by atoms with Gasteiger partial charge >= 0.3 is 6.09 Å². The number of amides is 1. The maximum absolute atomic E-state index is 12.1. The second-order valence-electron chi connectivity index (χ2n) is 10.1. The van der Waals surface area contributed by atoms with Crippen molar-refractivity contribution in [1.82, 2.24) is 5.32 Å². The van der Waals surface area contributed by atoms with Gasteiger partial charge in [-0.3, -0.25) is 0 Å². The molecule has 0 spiro atoms. The Hall–Kier alpha value is -1.52. The lowest BCUT2D eigenvalue weighted by Crippen LogP contribution is -2.38. The molecule has 0 aromatic carbocycles. The first-order valence-corrected chi connectivity index (χ1v) is 13.8. The smallest absolute Gasteiger partial charge is 0.407 e. The van der Waals surface area contributed by atoms with Gasteiger partial charge in [0.25, 0.3) is 6.26 Å². The molecule has 2 saturated carbocycles. The maximum atomic E-state index is 12.1. The minimum absolute atomic E-state index is 0.128. The van der Waals surface area contributed by atoms with Crippen molar-refractivity contribution in [1.29, 1.82) is 5.26 Å². The van der Waals surface area contributed by atoms with E-state index >= 15 is 0 Å². The van der Waals surface area contributed by atoms with E-state index in [0.717, 1.165) is 103 Å². The quantitative estimate of drug-likeness (QED) is 0.199. The van der Waals surface area contributed by atoms with Gasteiger partial charge in [-0.25, -0.2) is 4.79 Å². The SMILES string of the molecule is CCCCOCCCCOCCCCOC(=O)NC1CCC(CC2CCCC(OC#N)C2)CC1. The van der Waals surface area contributed by atoms with Crippen LogP contribution in [0, 0.1) is 23.4 Å². The summed E-state index contributed by atoms with van der Waals surface area (Å²) in [5.41, 5.74) is 0. The second kappa shape index (κ2) is 18.8. The van der Waals surface area contributed by atoms with Crippen molar-refractivity contribution >= 4 is 6.09 Å². The number of unbranched alkanes of at least 4 members (excludes halogenated alkanes) is 3. The normalized spacial score (nSPS) is 24.8. The number of hydrogen-bond acceptors (Lipinski definition) is 6. The Balaban J connectivity index is 1.39. The molecule has 2 aliphatic rings. The summed E-state index contributed by atoms with van der Waals surface area (Å²) in [6, 6.07) is 0.235. The monoisotopic (exact) mass is 480 g/mol. The van der Waals surface area contributed by atoms with Crippen LogP contribution in [0.15, 0.2) is 0 Å². The first kappa shape index (κ1) is 28.7. The zero-order valence-corrected chi connectivity index (χ0v) is 21.4. The molecule has 0 heterocycles. The molecule has 34 heavy (non-hydrogen) atoms. The molecular formula is C27H48N2O5. The third-order valence-electron chi connectivity index (χ3n) is 7.18. The number of nitriles is 1. The fraction of sp³-hybridized carbons (Fsp3) is 0.926. The first-order chi connectivity index (χ1) is 16.7. The summed E-state index contributed by atoms with van der Waals surface area (Å²) in [5.74, 6) is 1.41. The van der Waals surface area contributed by atoms with Crippen LogP contribution < -0.4 is 5.32 Å². The van der Waals surface area contributed by atoms with Crippen LogP contribution in [-0.2, 0) is 18.9 Å². The van der Waals surface area contributed by atoms with Gasteiger partial charge in [-0.1, -0.05) is 19.8 Å². The summed E-state index contributed by atoms with van der Waals surface area (Å²) in [7, 11) is 0. The first-order valence-electron chi connectivity index (χ1n) is 13.8. The molecular weight excluding hydrogens is 432 g/mol. The van der Waals surface area contributed by atoms with Crippen LogP contribution in [0.3, 0.4) is 0 Å². The number of ether oxygens (including phenoxy) is 4. The summed E-state index contributed by atoms with van der Waals surface area (Å²) >= 11 is 0. The predicted octanol–water partition coefficient (Wildman–Crippen LogP) is 6.11. The maximum Gasteiger partial charge on any atom is 0.407 e. The van der Waals surface area contributed by atoms with Crippen LogP contribution >= 0.6 is 0 Å². The van der Waals surface area contributed by atoms with Crippen molar-refractivity contribution in [3.63, 3.8) is 0 Å². The van der Waals surface area contributed by atoms with E-state index in [-0.39, 0.29) is 18.2 Å². The van der Waals surface area contributed by atoms with Crippen LogP contribution in [0.4, 0.5) is 4.79 Å². The highest BCUT2D eigenvalue weighted by molar-refractivity contribution is 5.67. The van der Waals surface area contributed by atoms with E-state index < -0.39 is 0 Å². The van der Waals surface area contributed by atoms with Crippen LogP contribution in [0.5, 0.6) is 0 Å². The Morgan fingerprint density at radius 1 is 0.853 bits per heavy atom. The second-order valence-corrected chi connectivity index (χ2v) is 10.1. The molecule has 0 aromatic heterocycles. The largest absolute Gasteiger partial charge is 0.450 e. The lowest BCUT2D eigenvalue weighted by molar-refractivity contribution is 0.0812. The molecule has 2 fully saturated rings. The Morgan fingerprint density at radius 3 is 2.15 bits per heavy atom. The summed E-state index contributed by atoms with van der Waals surface area (Å²) in [6.45, 7) is 5.81. The molecule has 2 rings (SSSR count). The Labute approximate surface area is 207 Å². The van der Waals surface area contributed by atoms with Crippen LogP contribution in [0.1, 0.15) is 103 Å². The van der Waals surface area contributed by atoms with Crippen molar-refractivity contribution in [2.45, 2.75) is 115 Å². The lowest BCUT2D eigenvalue weighted by atomic mass is 9.76. The van der Waals surface area contributed by atoms with Crippen LogP contribution in [-0.4, -0.2) is 51.3 Å². The highest BCUT2D eigenvalue weighted by Crippen LogP contribution is 2.36. The molecule has 0 bridgehead atoms. The summed E-state index contributed by atoms with van der Waals surface area (Å²) < 4.78 is 21.7. The minimum Gasteiger partial charge on any atom is -0.450 e. The molecule has 2 unspecified atom stereocenters. The van der Waals surface area contributed by atoms with Gasteiger partial charge in [-0.2, -0.15) is 5.26 Å². The third kappa shape index (κ3) is 13.4. The zero-order valence-electron chi connectivity index (χ0n) is 21.4. The standard InChI is InChI=1S/C27H48N2O5/c1-2-3-15-31-16-4-5-17-32-18-6-7-19-33-27(30)29-25-13-11-23(12-14-25)20-24-9-8-10-26(21-24)34-22-28/h23-26H,2-21H2,1H3,(H,29,30). The van der Waals surface area contributed by atoms with E-state index in [1.807, 2.05) is 6.26 Å². The number of carbonyl (C=O) groups excluding carboxylic acids is 1. The van der Waals surface area contributed by atoms with E-state index in [2.05, 4.69) is 12.2 Å². The van der Waals surface area contributed by atoms with Crippen LogP contribution in [0.25, 0.3) is 0 Å². The topological polar surface area (TPSA) is 89.8 Å². The molecule has 0 saturated heterocycles. The molecule has 0 radical (unpaired) electrons. The Kier molecular flexibility index (Phi) is 15.8. The number of nitrogens with zero attached hydrogens (tertiary/aromatic N) is 1. The minimum atomic E-state index is -0.281. The Bertz CT molecular complexity index is 560. The summed E-state index contributed by atoms with van der Waals surface area (Å²) in [4.78, 5) is 12.1. The van der Waals surface area contributed by atoms with Crippen molar-refractivity contribution < 1.29 is 23.7 Å². The van der Waals surface area contributed by atoms with Gasteiger partial charge in [0.05, 0.1) is 6.61 Å². The zero-order chi connectivity index (χ0) is 24.3. The van der Waals surface area contributed by atoms with Gasteiger partial charge in [0.2, 0.25) is 0 Å². The molecule has 1 N–H and O–H groups in total. The predicted molar refractivity (Wildman–Crippen MR) is 132 cm³/mol. The van der Waals surface area contributed by atoms with Crippen LogP contribution in [0.2, 0.25) is 0 Å². The molecule has 0 aliphatic heterocycles. The number of alkyl carbamates (subject to hydrolysis) is 1. The van der Waals surface area contributed by atoms with E-state index in [4.69, 9.17) is 24.2 Å². The van der Waals surface area contributed by atoms with E-state index in [9.17, 15) is 4.79 Å². The van der Waals surface area contributed by atoms with E-state index in [0.29, 0.717) is 12.5 Å². The number of hydrogen-bond donors (Lipinski definition) is 1. The number of nitrogens with one attached hydrogen (secondary N) is 1. The lowest BCUT2D eigenvalue weighted by Gasteiger charge is -2.33. The summed E-state index contributed by atoms with van der Waals surface area (Å²) in [6.07, 6.45) is 17.9.